The van der Waals surface area contributed by atoms with Crippen LogP contribution in [-0.2, 0) is 12.8 Å². The second-order valence-electron chi connectivity index (χ2n) is 5.58. The van der Waals surface area contributed by atoms with E-state index in [1.165, 1.54) is 57.8 Å². The summed E-state index contributed by atoms with van der Waals surface area (Å²) in [5.74, 6) is 1.08. The Kier molecular flexibility index (Phi) is 9.65. The Morgan fingerprint density at radius 3 is 2.30 bits per heavy atom. The minimum absolute atomic E-state index is 0.558. The second kappa shape index (κ2) is 11.5. The van der Waals surface area contributed by atoms with Gasteiger partial charge in [-0.1, -0.05) is 58.3 Å². The van der Waals surface area contributed by atoms with E-state index in [2.05, 4.69) is 23.0 Å². The van der Waals surface area contributed by atoms with Crippen LogP contribution in [0.1, 0.15) is 82.7 Å². The Bertz CT molecular complexity index is 376. The van der Waals surface area contributed by atoms with Gasteiger partial charge in [0.1, 0.15) is 5.82 Å². The molecule has 1 aromatic rings. The zero-order valence-electron chi connectivity index (χ0n) is 13.0. The van der Waals surface area contributed by atoms with Crippen LogP contribution in [0.5, 0.6) is 0 Å². The van der Waals surface area contributed by atoms with Crippen LogP contribution in [0.15, 0.2) is 6.20 Å². The molecule has 3 heteroatoms. The summed E-state index contributed by atoms with van der Waals surface area (Å²) in [6, 6.07) is 2.16. The van der Waals surface area contributed by atoms with Crippen LogP contribution in [0.4, 0.5) is 0 Å². The number of aromatic amines is 1. The van der Waals surface area contributed by atoms with Gasteiger partial charge in [-0.15, -0.1) is 0 Å². The molecule has 0 aromatic carbocycles. The van der Waals surface area contributed by atoms with Crippen LogP contribution >= 0.6 is 0 Å². The van der Waals surface area contributed by atoms with Crippen molar-refractivity contribution in [2.24, 2.45) is 0 Å². The Morgan fingerprint density at radius 2 is 1.65 bits per heavy atom. The Hall–Kier alpha value is -1.30. The SMILES string of the molecule is CCCCCCCCCCCc1nc(CCC#N)c[nH]1. The van der Waals surface area contributed by atoms with Crippen molar-refractivity contribution in [2.75, 3.05) is 0 Å². The summed E-state index contributed by atoms with van der Waals surface area (Å²) in [6.45, 7) is 2.26. The maximum absolute atomic E-state index is 8.54. The van der Waals surface area contributed by atoms with Crippen LogP contribution < -0.4 is 0 Å². The quantitative estimate of drug-likeness (QED) is 0.549. The molecule has 0 saturated heterocycles. The zero-order valence-corrected chi connectivity index (χ0v) is 13.0. The lowest BCUT2D eigenvalue weighted by Gasteiger charge is -2.01. The average molecular weight is 275 g/mol. The number of nitriles is 1. The number of unbranched alkanes of at least 4 members (excludes halogenated alkanes) is 8. The van der Waals surface area contributed by atoms with Crippen molar-refractivity contribution < 1.29 is 0 Å². The molecule has 0 aliphatic rings. The topological polar surface area (TPSA) is 52.5 Å². The predicted molar refractivity (Wildman–Crippen MR) is 83.5 cm³/mol. The summed E-state index contributed by atoms with van der Waals surface area (Å²) in [4.78, 5) is 7.73. The fraction of sp³-hybridized carbons (Fsp3) is 0.765. The molecule has 3 nitrogen and oxygen atoms in total. The highest BCUT2D eigenvalue weighted by atomic mass is 14.9. The molecule has 0 aliphatic heterocycles. The maximum Gasteiger partial charge on any atom is 0.106 e. The van der Waals surface area contributed by atoms with Gasteiger partial charge in [0.15, 0.2) is 0 Å². The number of nitrogens with one attached hydrogen (secondary N) is 1. The highest BCUT2D eigenvalue weighted by Crippen LogP contribution is 2.11. The number of nitrogens with zero attached hydrogens (tertiary/aromatic N) is 2. The molecule has 0 aliphatic carbocycles. The van der Waals surface area contributed by atoms with Crippen molar-refractivity contribution in [1.82, 2.24) is 9.97 Å². The van der Waals surface area contributed by atoms with Crippen molar-refractivity contribution in [3.05, 3.63) is 17.7 Å². The van der Waals surface area contributed by atoms with E-state index in [1.807, 2.05) is 6.20 Å². The summed E-state index contributed by atoms with van der Waals surface area (Å²) in [5.41, 5.74) is 1.03. The smallest absolute Gasteiger partial charge is 0.106 e. The third kappa shape index (κ3) is 7.99. The van der Waals surface area contributed by atoms with Gasteiger partial charge >= 0.3 is 0 Å². The first-order valence-corrected chi connectivity index (χ1v) is 8.27. The molecule has 1 N–H and O–H groups in total. The number of hydrogen-bond donors (Lipinski definition) is 1. The van der Waals surface area contributed by atoms with E-state index >= 15 is 0 Å². The van der Waals surface area contributed by atoms with Gasteiger partial charge in [-0.05, 0) is 6.42 Å². The molecule has 1 heterocycles. The van der Waals surface area contributed by atoms with Gasteiger partial charge in [0.05, 0.1) is 11.8 Å². The number of aromatic nitrogens is 2. The predicted octanol–water partition coefficient (Wildman–Crippen LogP) is 4.94. The van der Waals surface area contributed by atoms with Crippen molar-refractivity contribution in [3.8, 4) is 6.07 Å². The van der Waals surface area contributed by atoms with E-state index in [0.717, 1.165) is 24.4 Å². The van der Waals surface area contributed by atoms with Crippen LogP contribution in [0.25, 0.3) is 0 Å². The standard InChI is InChI=1S/C17H29N3/c1-2-3-4-5-6-7-8-9-10-13-17-19-15-16(20-17)12-11-14-18/h15H,2-13H2,1H3,(H,19,20). The van der Waals surface area contributed by atoms with Gasteiger partial charge in [0, 0.05) is 25.5 Å². The van der Waals surface area contributed by atoms with Gasteiger partial charge in [0.25, 0.3) is 0 Å². The Balaban J connectivity index is 1.96. The molecule has 112 valence electrons. The van der Waals surface area contributed by atoms with Crippen molar-refractivity contribution >= 4 is 0 Å². The third-order valence-corrected chi connectivity index (χ3v) is 3.69. The molecule has 0 atom stereocenters. The van der Waals surface area contributed by atoms with Gasteiger partial charge in [0.2, 0.25) is 0 Å². The average Bonchev–Trinajstić information content (AvgIpc) is 2.91. The molecule has 0 saturated carbocycles. The van der Waals surface area contributed by atoms with Crippen molar-refractivity contribution in [3.63, 3.8) is 0 Å². The van der Waals surface area contributed by atoms with Crippen LogP contribution in [-0.4, -0.2) is 9.97 Å². The molecular formula is C17H29N3. The van der Waals surface area contributed by atoms with Gasteiger partial charge < -0.3 is 4.98 Å². The first kappa shape index (κ1) is 16.8. The minimum atomic E-state index is 0.558. The van der Waals surface area contributed by atoms with E-state index in [-0.39, 0.29) is 0 Å². The summed E-state index contributed by atoms with van der Waals surface area (Å²) in [5, 5.41) is 8.54. The van der Waals surface area contributed by atoms with Gasteiger partial charge in [-0.2, -0.15) is 5.26 Å². The van der Waals surface area contributed by atoms with Crippen molar-refractivity contribution in [1.29, 1.82) is 5.26 Å². The summed E-state index contributed by atoms with van der Waals surface area (Å²) < 4.78 is 0. The second-order valence-corrected chi connectivity index (χ2v) is 5.58. The highest BCUT2D eigenvalue weighted by molar-refractivity contribution is 5.02. The lowest BCUT2D eigenvalue weighted by molar-refractivity contribution is 0.562. The fourth-order valence-corrected chi connectivity index (χ4v) is 2.45. The maximum atomic E-state index is 8.54. The van der Waals surface area contributed by atoms with Crippen LogP contribution in [0, 0.1) is 11.3 Å². The number of rotatable bonds is 12. The number of aryl methyl sites for hydroxylation is 2. The van der Waals surface area contributed by atoms with E-state index in [4.69, 9.17) is 5.26 Å². The molecule has 1 aromatic heterocycles. The van der Waals surface area contributed by atoms with E-state index < -0.39 is 0 Å². The normalized spacial score (nSPS) is 10.6. The number of imidazole rings is 1. The highest BCUT2D eigenvalue weighted by Gasteiger charge is 2.01. The van der Waals surface area contributed by atoms with Crippen LogP contribution in [0.2, 0.25) is 0 Å². The Morgan fingerprint density at radius 1 is 1.00 bits per heavy atom. The van der Waals surface area contributed by atoms with E-state index in [0.29, 0.717) is 6.42 Å². The van der Waals surface area contributed by atoms with E-state index in [9.17, 15) is 0 Å². The van der Waals surface area contributed by atoms with Gasteiger partial charge in [-0.3, -0.25) is 0 Å². The summed E-state index contributed by atoms with van der Waals surface area (Å²) >= 11 is 0. The molecule has 0 unspecified atom stereocenters. The molecule has 0 spiro atoms. The fourth-order valence-electron chi connectivity index (χ4n) is 2.45. The summed E-state index contributed by atoms with van der Waals surface area (Å²) in [7, 11) is 0. The number of H-pyrrole nitrogens is 1. The lowest BCUT2D eigenvalue weighted by Crippen LogP contribution is -1.90. The monoisotopic (exact) mass is 275 g/mol. The minimum Gasteiger partial charge on any atom is -0.348 e. The third-order valence-electron chi connectivity index (χ3n) is 3.69. The lowest BCUT2D eigenvalue weighted by atomic mass is 10.1. The Labute approximate surface area is 123 Å². The summed E-state index contributed by atoms with van der Waals surface area (Å²) in [6.07, 6.45) is 16.5. The molecule has 0 radical (unpaired) electrons. The largest absolute Gasteiger partial charge is 0.348 e. The molecule has 20 heavy (non-hydrogen) atoms. The first-order valence-electron chi connectivity index (χ1n) is 8.27. The molecule has 1 rings (SSSR count). The first-order chi connectivity index (χ1) is 9.86. The van der Waals surface area contributed by atoms with Gasteiger partial charge in [-0.25, -0.2) is 4.98 Å². The number of hydrogen-bond acceptors (Lipinski definition) is 2. The van der Waals surface area contributed by atoms with Crippen LogP contribution in [0.3, 0.4) is 0 Å². The zero-order chi connectivity index (χ0) is 14.5. The molecule has 0 amide bonds. The van der Waals surface area contributed by atoms with E-state index in [1.54, 1.807) is 0 Å². The molecule has 0 bridgehead atoms. The van der Waals surface area contributed by atoms with Crippen molar-refractivity contribution in [2.45, 2.75) is 84.0 Å². The molecule has 0 fully saturated rings. The molecular weight excluding hydrogens is 246 g/mol.